The summed E-state index contributed by atoms with van der Waals surface area (Å²) in [5.74, 6) is 0. The van der Waals surface area contributed by atoms with Crippen molar-refractivity contribution < 1.29 is 26.3 Å². The summed E-state index contributed by atoms with van der Waals surface area (Å²) in [4.78, 5) is 0. The Balaban J connectivity index is 2.34. The molecule has 0 aliphatic rings. The van der Waals surface area contributed by atoms with Gasteiger partial charge in [-0.3, -0.25) is 0 Å². The molecule has 3 aromatic carbocycles. The Bertz CT molecular complexity index is 862. The Hall–Kier alpha value is -2.33. The van der Waals surface area contributed by atoms with E-state index in [2.05, 4.69) is 0 Å². The zero-order valence-corrected chi connectivity index (χ0v) is 14.6. The van der Waals surface area contributed by atoms with E-state index in [4.69, 9.17) is 0 Å². The van der Waals surface area contributed by atoms with Crippen LogP contribution in [-0.4, -0.2) is 0 Å². The normalized spacial score (nSPS) is 12.4. The lowest BCUT2D eigenvalue weighted by atomic mass is 10.1. The number of rotatable bonds is 3. The van der Waals surface area contributed by atoms with Gasteiger partial charge in [-0.1, -0.05) is 72.8 Å². The van der Waals surface area contributed by atoms with Gasteiger partial charge >= 0.3 is 12.4 Å². The molecule has 0 amide bonds. The molecular formula is C20H13F6P. The maximum absolute atomic E-state index is 13.7. The van der Waals surface area contributed by atoms with Crippen LogP contribution in [0.15, 0.2) is 78.9 Å². The van der Waals surface area contributed by atoms with Crippen molar-refractivity contribution in [2.45, 2.75) is 12.4 Å². The summed E-state index contributed by atoms with van der Waals surface area (Å²) in [7, 11) is -1.81. The molecule has 0 atom stereocenters. The average Bonchev–Trinajstić information content (AvgIpc) is 2.62. The fraction of sp³-hybridized carbons (Fsp3) is 0.100. The molecule has 3 aromatic rings. The van der Waals surface area contributed by atoms with Crippen molar-refractivity contribution in [3.63, 3.8) is 0 Å². The summed E-state index contributed by atoms with van der Waals surface area (Å²) >= 11 is 0. The van der Waals surface area contributed by atoms with Crippen LogP contribution in [0.5, 0.6) is 0 Å². The van der Waals surface area contributed by atoms with Gasteiger partial charge in [0, 0.05) is 0 Å². The van der Waals surface area contributed by atoms with E-state index in [-0.39, 0.29) is 5.30 Å². The Kier molecular flexibility index (Phi) is 5.29. The fourth-order valence-corrected chi connectivity index (χ4v) is 5.34. The van der Waals surface area contributed by atoms with Crippen molar-refractivity contribution in [3.8, 4) is 0 Å². The van der Waals surface area contributed by atoms with E-state index < -0.39 is 31.4 Å². The maximum atomic E-state index is 13.7. The minimum Gasteiger partial charge on any atom is -0.166 e. The summed E-state index contributed by atoms with van der Waals surface area (Å²) in [6.45, 7) is 0. The number of halogens is 6. The van der Waals surface area contributed by atoms with Gasteiger partial charge in [0.15, 0.2) is 0 Å². The van der Waals surface area contributed by atoms with E-state index in [1.807, 2.05) is 0 Å². The monoisotopic (exact) mass is 398 g/mol. The molecule has 0 spiro atoms. The first kappa shape index (κ1) is 19.4. The molecular weight excluding hydrogens is 385 g/mol. The van der Waals surface area contributed by atoms with Crippen LogP contribution in [0.2, 0.25) is 0 Å². The molecule has 7 heteroatoms. The number of hydrogen-bond acceptors (Lipinski definition) is 0. The van der Waals surface area contributed by atoms with Crippen molar-refractivity contribution in [1.82, 2.24) is 0 Å². The summed E-state index contributed by atoms with van der Waals surface area (Å²) in [5, 5.41) is 0.733. The van der Waals surface area contributed by atoms with Crippen LogP contribution in [-0.2, 0) is 12.4 Å². The largest absolute Gasteiger partial charge is 0.417 e. The Morgan fingerprint density at radius 2 is 1.00 bits per heavy atom. The van der Waals surface area contributed by atoms with Crippen LogP contribution >= 0.6 is 7.92 Å². The van der Waals surface area contributed by atoms with Crippen LogP contribution in [0.4, 0.5) is 26.3 Å². The highest BCUT2D eigenvalue weighted by molar-refractivity contribution is 7.79. The third-order valence-corrected chi connectivity index (χ3v) is 6.38. The average molecular weight is 398 g/mol. The lowest BCUT2D eigenvalue weighted by Gasteiger charge is -2.25. The SMILES string of the molecule is FC(F)(F)c1cccc(P(c2ccccc2)c2ccccc2)c1C(F)(F)F. The number of hydrogen-bond donors (Lipinski definition) is 0. The predicted octanol–water partition coefficient (Wildman–Crippen LogP) is 5.48. The molecule has 0 aliphatic heterocycles. The second-order valence-corrected chi connectivity index (χ2v) is 7.89. The van der Waals surface area contributed by atoms with Gasteiger partial charge in [-0.2, -0.15) is 26.3 Å². The zero-order valence-electron chi connectivity index (χ0n) is 13.7. The summed E-state index contributed by atoms with van der Waals surface area (Å²) in [6.07, 6.45) is -10.2. The standard InChI is InChI=1S/C20H13F6P/c21-19(22,23)16-12-7-13-17(18(16)20(24,25)26)27(14-8-3-1-4-9-14)15-10-5-2-6-11-15/h1-13H. The molecule has 0 saturated carbocycles. The second kappa shape index (κ2) is 7.35. The molecule has 0 aliphatic carbocycles. The molecule has 0 radical (unpaired) electrons. The topological polar surface area (TPSA) is 0 Å². The Labute approximate surface area is 153 Å². The first-order valence-corrected chi connectivity index (χ1v) is 9.21. The molecule has 3 rings (SSSR count). The summed E-state index contributed by atoms with van der Waals surface area (Å²) in [6, 6.07) is 19.3. The highest BCUT2D eigenvalue weighted by atomic mass is 31.1. The zero-order chi connectivity index (χ0) is 19.7. The van der Waals surface area contributed by atoms with Crippen molar-refractivity contribution in [1.29, 1.82) is 0 Å². The highest BCUT2D eigenvalue weighted by Crippen LogP contribution is 2.44. The highest BCUT2D eigenvalue weighted by Gasteiger charge is 2.45. The first-order chi connectivity index (χ1) is 12.7. The lowest BCUT2D eigenvalue weighted by molar-refractivity contribution is -0.161. The van der Waals surface area contributed by atoms with Crippen molar-refractivity contribution in [2.24, 2.45) is 0 Å². The van der Waals surface area contributed by atoms with Gasteiger partial charge in [0.2, 0.25) is 0 Å². The molecule has 0 fully saturated rings. The minimum absolute atomic E-state index is 0.357. The smallest absolute Gasteiger partial charge is 0.166 e. The molecule has 0 nitrogen and oxygen atoms in total. The number of alkyl halides is 6. The molecule has 0 N–H and O–H groups in total. The summed E-state index contributed by atoms with van der Waals surface area (Å²) in [5.41, 5.74) is -3.27. The third-order valence-electron chi connectivity index (χ3n) is 3.90. The first-order valence-electron chi connectivity index (χ1n) is 7.87. The lowest BCUT2D eigenvalue weighted by Crippen LogP contribution is -2.30. The van der Waals surface area contributed by atoms with Crippen LogP contribution in [0.1, 0.15) is 11.1 Å². The van der Waals surface area contributed by atoms with Gasteiger partial charge in [-0.25, -0.2) is 0 Å². The van der Waals surface area contributed by atoms with Crippen molar-refractivity contribution >= 4 is 23.8 Å². The van der Waals surface area contributed by atoms with E-state index in [1.165, 1.54) is 0 Å². The molecule has 27 heavy (non-hydrogen) atoms. The van der Waals surface area contributed by atoms with E-state index in [0.29, 0.717) is 16.7 Å². The maximum Gasteiger partial charge on any atom is 0.417 e. The minimum atomic E-state index is -5.13. The third kappa shape index (κ3) is 4.16. The Morgan fingerprint density at radius 3 is 1.41 bits per heavy atom. The van der Waals surface area contributed by atoms with Gasteiger partial charge < -0.3 is 0 Å². The molecule has 0 bridgehead atoms. The quantitative estimate of drug-likeness (QED) is 0.405. The Morgan fingerprint density at radius 1 is 0.519 bits per heavy atom. The summed E-state index contributed by atoms with van der Waals surface area (Å²) < 4.78 is 81.2. The van der Waals surface area contributed by atoms with E-state index in [1.54, 1.807) is 60.7 Å². The van der Waals surface area contributed by atoms with Crippen LogP contribution < -0.4 is 15.9 Å². The van der Waals surface area contributed by atoms with Gasteiger partial charge in [-0.15, -0.1) is 0 Å². The number of benzene rings is 3. The van der Waals surface area contributed by atoms with Crippen LogP contribution in [0.25, 0.3) is 0 Å². The molecule has 140 valence electrons. The fourth-order valence-electron chi connectivity index (χ4n) is 2.84. The van der Waals surface area contributed by atoms with Gasteiger partial charge in [0.05, 0.1) is 11.1 Å². The van der Waals surface area contributed by atoms with Crippen LogP contribution in [0, 0.1) is 0 Å². The predicted molar refractivity (Wildman–Crippen MR) is 95.2 cm³/mol. The van der Waals surface area contributed by atoms with Crippen LogP contribution in [0.3, 0.4) is 0 Å². The van der Waals surface area contributed by atoms with Gasteiger partial charge in [0.25, 0.3) is 0 Å². The van der Waals surface area contributed by atoms with E-state index in [9.17, 15) is 26.3 Å². The van der Waals surface area contributed by atoms with E-state index in [0.717, 1.165) is 12.1 Å². The molecule has 0 heterocycles. The van der Waals surface area contributed by atoms with Gasteiger partial charge in [0.1, 0.15) is 0 Å². The molecule has 0 saturated heterocycles. The van der Waals surface area contributed by atoms with E-state index >= 15 is 0 Å². The van der Waals surface area contributed by atoms with Crippen molar-refractivity contribution in [3.05, 3.63) is 90.0 Å². The molecule has 0 aromatic heterocycles. The van der Waals surface area contributed by atoms with Gasteiger partial charge in [-0.05, 0) is 29.9 Å². The second-order valence-electron chi connectivity index (χ2n) is 5.70. The molecule has 0 unspecified atom stereocenters. The van der Waals surface area contributed by atoms with Crippen molar-refractivity contribution in [2.75, 3.05) is 0 Å².